The normalized spacial score (nSPS) is 33.6. The molecule has 1 saturated carbocycles. The van der Waals surface area contributed by atoms with Gasteiger partial charge >= 0.3 is 5.63 Å². The summed E-state index contributed by atoms with van der Waals surface area (Å²) in [6, 6.07) is 0. The fourth-order valence-electron chi connectivity index (χ4n) is 1.81. The molecule has 1 aromatic rings. The summed E-state index contributed by atoms with van der Waals surface area (Å²) < 4.78 is 6.44. The number of aromatic nitrogens is 2. The molecule has 4 nitrogen and oxygen atoms in total. The third kappa shape index (κ3) is 0.364. The van der Waals surface area contributed by atoms with Crippen LogP contribution in [0.15, 0.2) is 9.32 Å². The van der Waals surface area contributed by atoms with Crippen LogP contribution in [-0.4, -0.2) is 5.27 Å². The fraction of sp³-hybridized carbons (Fsp3) is 0.667. The van der Waals surface area contributed by atoms with Crippen molar-refractivity contribution >= 4 is 0 Å². The Bertz CT molecular complexity index is 338. The van der Waals surface area contributed by atoms with Crippen LogP contribution in [0.25, 0.3) is 0 Å². The molecule has 2 unspecified atom stereocenters. The molecule has 0 aromatic carbocycles. The molecule has 0 spiro atoms. The first-order chi connectivity index (χ1) is 4.86. The Kier molecular flexibility index (Phi) is 0.560. The molecule has 2 aliphatic rings. The molecule has 0 radical (unpaired) electrons. The summed E-state index contributed by atoms with van der Waals surface area (Å²) in [6.07, 6.45) is 1.18. The maximum atomic E-state index is 10.9. The molecular formula is C6H7N2O2+. The van der Waals surface area contributed by atoms with E-state index < -0.39 is 0 Å². The minimum atomic E-state index is -0.176. The molecular weight excluding hydrogens is 132 g/mol. The van der Waals surface area contributed by atoms with Crippen molar-refractivity contribution in [3.05, 3.63) is 16.1 Å². The first kappa shape index (κ1) is 4.71. The Hall–Kier alpha value is -1.06. The summed E-state index contributed by atoms with van der Waals surface area (Å²) in [6.45, 7) is 0.950. The van der Waals surface area contributed by atoms with Crippen LogP contribution in [0.1, 0.15) is 18.0 Å². The number of hydrogen-bond donors (Lipinski definition) is 1. The Labute approximate surface area is 56.4 Å². The summed E-state index contributed by atoms with van der Waals surface area (Å²) in [4.78, 5) is 10.9. The first-order valence-corrected chi connectivity index (χ1v) is 3.47. The summed E-state index contributed by atoms with van der Waals surface area (Å²) >= 11 is 0. The molecule has 0 bridgehead atoms. The van der Waals surface area contributed by atoms with E-state index in [1.54, 1.807) is 0 Å². The molecule has 2 heterocycles. The number of hydrogen-bond acceptors (Lipinski definition) is 2. The van der Waals surface area contributed by atoms with Gasteiger partial charge in [-0.2, -0.15) is 0 Å². The van der Waals surface area contributed by atoms with Gasteiger partial charge in [0.15, 0.2) is 6.54 Å². The summed E-state index contributed by atoms with van der Waals surface area (Å²) in [5.74, 6) is 1.25. The maximum absolute atomic E-state index is 10.9. The Morgan fingerprint density at radius 1 is 1.70 bits per heavy atom. The van der Waals surface area contributed by atoms with E-state index in [-0.39, 0.29) is 5.63 Å². The van der Waals surface area contributed by atoms with Crippen molar-refractivity contribution in [3.63, 3.8) is 0 Å². The predicted molar refractivity (Wildman–Crippen MR) is 30.4 cm³/mol. The topological polar surface area (TPSA) is 49.9 Å². The molecule has 4 heteroatoms. The van der Waals surface area contributed by atoms with Gasteiger partial charge in [-0.3, -0.25) is 4.52 Å². The largest absolute Gasteiger partial charge is 0.430 e. The van der Waals surface area contributed by atoms with E-state index in [0.717, 1.165) is 18.2 Å². The highest BCUT2D eigenvalue weighted by Crippen LogP contribution is 2.48. The van der Waals surface area contributed by atoms with E-state index in [2.05, 4.69) is 9.79 Å². The molecule has 3 rings (SSSR count). The lowest BCUT2D eigenvalue weighted by Gasteiger charge is -1.79. The highest BCUT2D eigenvalue weighted by Gasteiger charge is 2.56. The fourth-order valence-corrected chi connectivity index (χ4v) is 1.81. The third-order valence-corrected chi connectivity index (χ3v) is 2.44. The Morgan fingerprint density at radius 2 is 2.60 bits per heavy atom. The van der Waals surface area contributed by atoms with Gasteiger partial charge in [0.1, 0.15) is 0 Å². The maximum Gasteiger partial charge on any atom is 0.430 e. The van der Waals surface area contributed by atoms with Gasteiger partial charge in [-0.25, -0.2) is 4.79 Å². The molecule has 0 saturated heterocycles. The molecule has 1 N–H and O–H groups in total. The standard InChI is InChI=1S/C6H6N2O2/c9-6-5-4-1-3(4)2-8(5)7-10-6/h3-4H,1-2H2/p+1. The van der Waals surface area contributed by atoms with Gasteiger partial charge in [0.25, 0.3) is 5.69 Å². The van der Waals surface area contributed by atoms with Crippen molar-refractivity contribution in [1.82, 2.24) is 5.27 Å². The summed E-state index contributed by atoms with van der Waals surface area (Å²) in [7, 11) is 0. The van der Waals surface area contributed by atoms with Crippen molar-refractivity contribution in [3.8, 4) is 0 Å². The van der Waals surface area contributed by atoms with Gasteiger partial charge in [-0.05, 0) is 11.7 Å². The lowest BCUT2D eigenvalue weighted by molar-refractivity contribution is -0.761. The number of rotatable bonds is 0. The van der Waals surface area contributed by atoms with Crippen LogP contribution in [0.5, 0.6) is 0 Å². The second-order valence-electron chi connectivity index (χ2n) is 3.08. The lowest BCUT2D eigenvalue weighted by atomic mass is 10.3. The highest BCUT2D eigenvalue weighted by atomic mass is 16.5. The molecule has 1 aliphatic carbocycles. The average Bonchev–Trinajstić information content (AvgIpc) is 2.40. The molecule has 0 amide bonds. The number of nitrogens with one attached hydrogen (secondary N) is 1. The number of aromatic amines is 1. The van der Waals surface area contributed by atoms with Crippen LogP contribution in [0.4, 0.5) is 0 Å². The molecule has 1 aromatic heterocycles. The van der Waals surface area contributed by atoms with Crippen molar-refractivity contribution in [2.24, 2.45) is 5.92 Å². The van der Waals surface area contributed by atoms with Crippen molar-refractivity contribution < 1.29 is 9.20 Å². The van der Waals surface area contributed by atoms with E-state index in [4.69, 9.17) is 0 Å². The smallest absolute Gasteiger partial charge is 0.283 e. The molecule has 2 atom stereocenters. The molecule has 1 aliphatic heterocycles. The van der Waals surface area contributed by atoms with Crippen molar-refractivity contribution in [1.29, 1.82) is 0 Å². The minimum Gasteiger partial charge on any atom is -0.283 e. The second kappa shape index (κ2) is 1.19. The zero-order valence-corrected chi connectivity index (χ0v) is 5.33. The second-order valence-corrected chi connectivity index (χ2v) is 3.08. The van der Waals surface area contributed by atoms with Gasteiger partial charge in [0.2, 0.25) is 0 Å². The number of H-pyrrole nitrogens is 1. The van der Waals surface area contributed by atoms with Crippen LogP contribution in [0.3, 0.4) is 0 Å². The van der Waals surface area contributed by atoms with Crippen LogP contribution in [0, 0.1) is 5.92 Å². The van der Waals surface area contributed by atoms with E-state index in [9.17, 15) is 4.79 Å². The van der Waals surface area contributed by atoms with E-state index in [1.807, 2.05) is 4.68 Å². The van der Waals surface area contributed by atoms with Crippen LogP contribution < -0.4 is 10.3 Å². The zero-order valence-electron chi connectivity index (χ0n) is 5.33. The predicted octanol–water partition coefficient (Wildman–Crippen LogP) is -0.628. The van der Waals surface area contributed by atoms with E-state index in [0.29, 0.717) is 5.92 Å². The van der Waals surface area contributed by atoms with Crippen LogP contribution >= 0.6 is 0 Å². The Balaban J connectivity index is 2.35. The lowest BCUT2D eigenvalue weighted by Crippen LogP contribution is -2.37. The van der Waals surface area contributed by atoms with E-state index in [1.165, 1.54) is 6.42 Å². The van der Waals surface area contributed by atoms with Gasteiger partial charge in [0, 0.05) is 5.92 Å². The first-order valence-electron chi connectivity index (χ1n) is 3.47. The van der Waals surface area contributed by atoms with Gasteiger partial charge in [-0.1, -0.05) is 4.68 Å². The van der Waals surface area contributed by atoms with E-state index >= 15 is 0 Å². The zero-order chi connectivity index (χ0) is 6.72. The third-order valence-electron chi connectivity index (χ3n) is 2.44. The SMILES string of the molecule is O=c1o[nH][n+]2c1C1CC1C2. The van der Waals surface area contributed by atoms with Gasteiger partial charge < -0.3 is 0 Å². The highest BCUT2D eigenvalue weighted by molar-refractivity contribution is 5.11. The van der Waals surface area contributed by atoms with Crippen molar-refractivity contribution in [2.75, 3.05) is 0 Å². The molecule has 1 fully saturated rings. The monoisotopic (exact) mass is 139 g/mol. The quantitative estimate of drug-likeness (QED) is 0.486. The Morgan fingerprint density at radius 3 is 3.40 bits per heavy atom. The summed E-state index contributed by atoms with van der Waals surface area (Å²) in [5.41, 5.74) is 0.676. The van der Waals surface area contributed by atoms with Crippen LogP contribution in [-0.2, 0) is 6.54 Å². The number of nitrogens with zero attached hydrogens (tertiary/aromatic N) is 1. The van der Waals surface area contributed by atoms with Crippen molar-refractivity contribution in [2.45, 2.75) is 18.9 Å². The number of fused-ring (bicyclic) bond motifs is 3. The van der Waals surface area contributed by atoms with Gasteiger partial charge in [-0.15, -0.1) is 0 Å². The minimum absolute atomic E-state index is 0.176. The molecule has 10 heavy (non-hydrogen) atoms. The average molecular weight is 139 g/mol. The van der Waals surface area contributed by atoms with Crippen LogP contribution in [0.2, 0.25) is 0 Å². The molecule has 52 valence electrons. The van der Waals surface area contributed by atoms with Gasteiger partial charge in [0.05, 0.1) is 5.92 Å². The summed E-state index contributed by atoms with van der Waals surface area (Å²) in [5, 5.41) is 2.58.